The maximum Gasteiger partial charge on any atom is 0.248 e. The van der Waals surface area contributed by atoms with E-state index in [4.69, 9.17) is 16.3 Å². The molecule has 1 aromatic rings. The number of nitrogens with one attached hydrogen (secondary N) is 1. The van der Waals surface area contributed by atoms with E-state index in [0.717, 1.165) is 16.9 Å². The first-order chi connectivity index (χ1) is 8.95. The number of benzene rings is 1. The van der Waals surface area contributed by atoms with Crippen LogP contribution in [-0.4, -0.2) is 18.4 Å². The van der Waals surface area contributed by atoms with Crippen molar-refractivity contribution in [2.45, 2.75) is 26.7 Å². The van der Waals surface area contributed by atoms with Gasteiger partial charge in [-0.1, -0.05) is 0 Å². The fourth-order valence-corrected chi connectivity index (χ4v) is 1.80. The fourth-order valence-electron chi connectivity index (χ4n) is 1.80. The highest BCUT2D eigenvalue weighted by molar-refractivity contribution is 5.93. The molecule has 0 spiro atoms. The lowest BCUT2D eigenvalue weighted by Crippen LogP contribution is -2.30. The number of hydrogen-bond acceptors (Lipinski definition) is 4. The second-order valence-electron chi connectivity index (χ2n) is 4.32. The van der Waals surface area contributed by atoms with Crippen molar-refractivity contribution in [2.75, 3.05) is 6.61 Å². The van der Waals surface area contributed by atoms with Gasteiger partial charge in [-0.2, -0.15) is 0 Å². The van der Waals surface area contributed by atoms with E-state index >= 15 is 0 Å². The average Bonchev–Trinajstić information content (AvgIpc) is 2.36. The minimum Gasteiger partial charge on any atom is -0.493 e. The normalized spacial score (nSPS) is 10.1. The smallest absolute Gasteiger partial charge is 0.248 e. The summed E-state index contributed by atoms with van der Waals surface area (Å²) < 4.78 is 5.62. The van der Waals surface area contributed by atoms with Crippen LogP contribution in [-0.2, 0) is 4.79 Å². The summed E-state index contributed by atoms with van der Waals surface area (Å²) in [7, 11) is 0. The third-order valence-electron chi connectivity index (χ3n) is 2.70. The van der Waals surface area contributed by atoms with Crippen molar-refractivity contribution in [1.29, 1.82) is 0 Å². The molecule has 6 nitrogen and oxygen atoms in total. The third-order valence-corrected chi connectivity index (χ3v) is 2.70. The van der Waals surface area contributed by atoms with E-state index in [1.54, 1.807) is 12.1 Å². The van der Waals surface area contributed by atoms with Crippen LogP contribution in [0.2, 0.25) is 0 Å². The minimum absolute atomic E-state index is 0.221. The molecule has 0 aliphatic carbocycles. The van der Waals surface area contributed by atoms with Crippen LogP contribution in [0.5, 0.6) is 5.75 Å². The molecular weight excluding hydrogens is 246 g/mol. The standard InChI is InChI=1S/C13H19N3O3/c1-8-6-10(13(14)18)7-9(2)12(8)19-5-3-4-11(17)16-15/h6-7H,3-5,15H2,1-2H3,(H2,14,18)(H,16,17). The van der Waals surface area contributed by atoms with Crippen LogP contribution < -0.4 is 21.7 Å². The van der Waals surface area contributed by atoms with Gasteiger partial charge < -0.3 is 10.5 Å². The Morgan fingerprint density at radius 2 is 1.84 bits per heavy atom. The lowest BCUT2D eigenvalue weighted by molar-refractivity contribution is -0.121. The lowest BCUT2D eigenvalue weighted by atomic mass is 10.1. The molecule has 0 bridgehead atoms. The van der Waals surface area contributed by atoms with E-state index in [1.165, 1.54) is 0 Å². The predicted octanol–water partition coefficient (Wildman–Crippen LogP) is 0.551. The number of aryl methyl sites for hydroxylation is 2. The molecule has 0 aliphatic rings. The number of rotatable bonds is 6. The molecule has 1 rings (SSSR count). The van der Waals surface area contributed by atoms with Crippen molar-refractivity contribution in [3.05, 3.63) is 28.8 Å². The van der Waals surface area contributed by atoms with Crippen LogP contribution in [0.25, 0.3) is 0 Å². The van der Waals surface area contributed by atoms with Gasteiger partial charge in [0.1, 0.15) is 5.75 Å². The molecule has 104 valence electrons. The summed E-state index contributed by atoms with van der Waals surface area (Å²) in [5.74, 6) is 5.01. The Kier molecular flexibility index (Phi) is 5.32. The Hall–Kier alpha value is -2.08. The van der Waals surface area contributed by atoms with Crippen LogP contribution in [0.15, 0.2) is 12.1 Å². The summed E-state index contributed by atoms with van der Waals surface area (Å²) in [6, 6.07) is 3.38. The van der Waals surface area contributed by atoms with Crippen molar-refractivity contribution < 1.29 is 14.3 Å². The van der Waals surface area contributed by atoms with Gasteiger partial charge in [-0.25, -0.2) is 5.84 Å². The zero-order chi connectivity index (χ0) is 14.4. The van der Waals surface area contributed by atoms with Gasteiger partial charge in [0.05, 0.1) is 6.61 Å². The summed E-state index contributed by atoms with van der Waals surface area (Å²) in [5, 5.41) is 0. The molecule has 0 saturated heterocycles. The van der Waals surface area contributed by atoms with E-state index < -0.39 is 5.91 Å². The van der Waals surface area contributed by atoms with Gasteiger partial charge in [-0.05, 0) is 43.5 Å². The lowest BCUT2D eigenvalue weighted by Gasteiger charge is -2.13. The minimum atomic E-state index is -0.461. The van der Waals surface area contributed by atoms with Crippen molar-refractivity contribution in [3.63, 3.8) is 0 Å². The van der Waals surface area contributed by atoms with Gasteiger partial charge in [0.15, 0.2) is 0 Å². The number of carbonyl (C=O) groups is 2. The first kappa shape index (κ1) is 15.0. The first-order valence-corrected chi connectivity index (χ1v) is 5.99. The van der Waals surface area contributed by atoms with Crippen LogP contribution in [0.1, 0.15) is 34.3 Å². The number of carbonyl (C=O) groups excluding carboxylic acids is 2. The van der Waals surface area contributed by atoms with E-state index in [1.807, 2.05) is 13.8 Å². The van der Waals surface area contributed by atoms with Crippen molar-refractivity contribution in [2.24, 2.45) is 11.6 Å². The van der Waals surface area contributed by atoms with E-state index in [2.05, 4.69) is 5.43 Å². The highest BCUT2D eigenvalue weighted by atomic mass is 16.5. The topological polar surface area (TPSA) is 107 Å². The molecule has 2 amide bonds. The summed E-state index contributed by atoms with van der Waals surface area (Å²) in [4.78, 5) is 22.0. The van der Waals surface area contributed by atoms with Crippen molar-refractivity contribution >= 4 is 11.8 Å². The maximum atomic E-state index is 11.1. The fraction of sp³-hybridized carbons (Fsp3) is 0.385. The highest BCUT2D eigenvalue weighted by Gasteiger charge is 2.09. The monoisotopic (exact) mass is 265 g/mol. The number of primary amides is 1. The largest absolute Gasteiger partial charge is 0.493 e. The highest BCUT2D eigenvalue weighted by Crippen LogP contribution is 2.24. The van der Waals surface area contributed by atoms with Crippen LogP contribution >= 0.6 is 0 Å². The number of hydrazine groups is 1. The number of nitrogens with two attached hydrogens (primary N) is 2. The molecular formula is C13H19N3O3. The third kappa shape index (κ3) is 4.26. The van der Waals surface area contributed by atoms with Gasteiger partial charge in [-0.3, -0.25) is 15.0 Å². The van der Waals surface area contributed by atoms with Crippen molar-refractivity contribution in [3.8, 4) is 5.75 Å². The molecule has 0 aliphatic heterocycles. The van der Waals surface area contributed by atoms with Crippen LogP contribution in [0.3, 0.4) is 0 Å². The van der Waals surface area contributed by atoms with E-state index in [0.29, 0.717) is 25.0 Å². The van der Waals surface area contributed by atoms with Gasteiger partial charge >= 0.3 is 0 Å². The summed E-state index contributed by atoms with van der Waals surface area (Å²) >= 11 is 0. The SMILES string of the molecule is Cc1cc(C(N)=O)cc(C)c1OCCCC(=O)NN. The molecule has 5 N–H and O–H groups in total. The molecule has 0 fully saturated rings. The molecule has 0 aromatic heterocycles. The Morgan fingerprint density at radius 1 is 1.26 bits per heavy atom. The predicted molar refractivity (Wildman–Crippen MR) is 71.5 cm³/mol. The van der Waals surface area contributed by atoms with E-state index in [9.17, 15) is 9.59 Å². The summed E-state index contributed by atoms with van der Waals surface area (Å²) in [6.07, 6.45) is 0.882. The summed E-state index contributed by atoms with van der Waals surface area (Å²) in [6.45, 7) is 4.10. The molecule has 0 atom stereocenters. The quantitative estimate of drug-likeness (QED) is 0.302. The Balaban J connectivity index is 2.64. The van der Waals surface area contributed by atoms with E-state index in [-0.39, 0.29) is 5.91 Å². The molecule has 1 aromatic carbocycles. The Morgan fingerprint density at radius 3 is 2.32 bits per heavy atom. The molecule has 6 heteroatoms. The van der Waals surface area contributed by atoms with Crippen molar-refractivity contribution in [1.82, 2.24) is 5.43 Å². The maximum absolute atomic E-state index is 11.1. The van der Waals surface area contributed by atoms with Crippen LogP contribution in [0, 0.1) is 13.8 Å². The number of hydrogen-bond donors (Lipinski definition) is 3. The molecule has 19 heavy (non-hydrogen) atoms. The van der Waals surface area contributed by atoms with Gasteiger partial charge in [0.25, 0.3) is 0 Å². The second kappa shape index (κ2) is 6.75. The van der Waals surface area contributed by atoms with Gasteiger partial charge in [0.2, 0.25) is 11.8 Å². The second-order valence-corrected chi connectivity index (χ2v) is 4.32. The van der Waals surface area contributed by atoms with Gasteiger partial charge in [-0.15, -0.1) is 0 Å². The summed E-state index contributed by atoms with van der Waals surface area (Å²) in [5.41, 5.74) is 9.45. The Bertz CT molecular complexity index is 463. The van der Waals surface area contributed by atoms with Gasteiger partial charge in [0, 0.05) is 12.0 Å². The first-order valence-electron chi connectivity index (χ1n) is 5.99. The Labute approximate surface area is 112 Å². The molecule has 0 unspecified atom stereocenters. The molecule has 0 heterocycles. The zero-order valence-corrected chi connectivity index (χ0v) is 11.2. The molecule has 0 radical (unpaired) electrons. The van der Waals surface area contributed by atoms with Crippen LogP contribution in [0.4, 0.5) is 0 Å². The average molecular weight is 265 g/mol. The zero-order valence-electron chi connectivity index (χ0n) is 11.2. The number of amides is 2. The molecule has 0 saturated carbocycles. The number of ether oxygens (including phenoxy) is 1.